The van der Waals surface area contributed by atoms with Crippen molar-refractivity contribution in [3.05, 3.63) is 11.5 Å². The molecule has 0 amide bonds. The SMILES string of the molecule is Cc1noc(C)c1S(=O)(=O)N1CC2(CCC2)CC1C. The van der Waals surface area contributed by atoms with Gasteiger partial charge in [0.05, 0.1) is 0 Å². The van der Waals surface area contributed by atoms with E-state index in [2.05, 4.69) is 5.16 Å². The van der Waals surface area contributed by atoms with E-state index in [0.29, 0.717) is 18.0 Å². The molecule has 1 unspecified atom stereocenters. The summed E-state index contributed by atoms with van der Waals surface area (Å²) in [7, 11) is -3.48. The van der Waals surface area contributed by atoms with Crippen LogP contribution in [0.4, 0.5) is 0 Å². The standard InChI is InChI=1S/C13H20N2O3S/c1-9-7-13(5-4-6-13)8-15(9)19(16,17)12-10(2)14-18-11(12)3/h9H,4-8H2,1-3H3. The molecular weight excluding hydrogens is 264 g/mol. The van der Waals surface area contributed by atoms with Crippen LogP contribution in [-0.4, -0.2) is 30.5 Å². The number of nitrogens with zero attached hydrogens (tertiary/aromatic N) is 2. The largest absolute Gasteiger partial charge is 0.360 e. The van der Waals surface area contributed by atoms with Crippen LogP contribution in [0.5, 0.6) is 0 Å². The first-order valence-electron chi connectivity index (χ1n) is 6.80. The fourth-order valence-electron chi connectivity index (χ4n) is 3.60. The molecule has 1 atom stereocenters. The van der Waals surface area contributed by atoms with Gasteiger partial charge in [0.25, 0.3) is 0 Å². The second-order valence-corrected chi connectivity index (χ2v) is 7.94. The van der Waals surface area contributed by atoms with Crippen LogP contribution in [0.25, 0.3) is 0 Å². The fourth-order valence-corrected chi connectivity index (χ4v) is 5.64. The van der Waals surface area contributed by atoms with Crippen LogP contribution in [0.2, 0.25) is 0 Å². The maximum absolute atomic E-state index is 12.8. The summed E-state index contributed by atoms with van der Waals surface area (Å²) in [5.74, 6) is 0.388. The van der Waals surface area contributed by atoms with Crippen molar-refractivity contribution in [1.29, 1.82) is 0 Å². The van der Waals surface area contributed by atoms with E-state index in [9.17, 15) is 8.42 Å². The number of aryl methyl sites for hydroxylation is 2. The Morgan fingerprint density at radius 1 is 1.37 bits per heavy atom. The molecule has 1 aromatic heterocycles. The van der Waals surface area contributed by atoms with Crippen molar-refractivity contribution < 1.29 is 12.9 Å². The Morgan fingerprint density at radius 3 is 2.47 bits per heavy atom. The van der Waals surface area contributed by atoms with Gasteiger partial charge in [0.15, 0.2) is 5.76 Å². The van der Waals surface area contributed by atoms with Gasteiger partial charge in [0, 0.05) is 12.6 Å². The monoisotopic (exact) mass is 284 g/mol. The Labute approximate surface area is 114 Å². The van der Waals surface area contributed by atoms with Gasteiger partial charge in [0.1, 0.15) is 10.6 Å². The van der Waals surface area contributed by atoms with E-state index in [-0.39, 0.29) is 16.4 Å². The lowest BCUT2D eigenvalue weighted by molar-refractivity contribution is 0.152. The van der Waals surface area contributed by atoms with Crippen molar-refractivity contribution in [2.75, 3.05) is 6.54 Å². The maximum atomic E-state index is 12.8. The van der Waals surface area contributed by atoms with E-state index in [0.717, 1.165) is 19.3 Å². The lowest BCUT2D eigenvalue weighted by Gasteiger charge is -2.38. The van der Waals surface area contributed by atoms with Gasteiger partial charge < -0.3 is 4.52 Å². The van der Waals surface area contributed by atoms with E-state index in [1.165, 1.54) is 6.42 Å². The summed E-state index contributed by atoms with van der Waals surface area (Å²) in [6, 6.07) is 0.0685. The highest BCUT2D eigenvalue weighted by atomic mass is 32.2. The first-order valence-corrected chi connectivity index (χ1v) is 8.24. The molecular formula is C13H20N2O3S. The molecule has 1 aromatic rings. The van der Waals surface area contributed by atoms with Crippen LogP contribution in [0.1, 0.15) is 44.1 Å². The number of hydrogen-bond acceptors (Lipinski definition) is 4. The number of hydrogen-bond donors (Lipinski definition) is 0. The maximum Gasteiger partial charge on any atom is 0.248 e. The van der Waals surface area contributed by atoms with E-state index in [1.807, 2.05) is 6.92 Å². The van der Waals surface area contributed by atoms with Gasteiger partial charge in [-0.3, -0.25) is 0 Å². The number of rotatable bonds is 2. The molecule has 0 bridgehead atoms. The third-order valence-corrected chi connectivity index (χ3v) is 6.87. The molecule has 0 radical (unpaired) electrons. The highest BCUT2D eigenvalue weighted by molar-refractivity contribution is 7.89. The molecule has 2 heterocycles. The van der Waals surface area contributed by atoms with Crippen LogP contribution >= 0.6 is 0 Å². The van der Waals surface area contributed by atoms with Crippen molar-refractivity contribution in [3.63, 3.8) is 0 Å². The first-order chi connectivity index (χ1) is 8.86. The summed E-state index contributed by atoms with van der Waals surface area (Å²) in [4.78, 5) is 0.260. The van der Waals surface area contributed by atoms with Crippen LogP contribution in [0.3, 0.4) is 0 Å². The lowest BCUT2D eigenvalue weighted by Crippen LogP contribution is -2.37. The van der Waals surface area contributed by atoms with Crippen molar-refractivity contribution in [3.8, 4) is 0 Å². The van der Waals surface area contributed by atoms with Crippen LogP contribution in [0, 0.1) is 19.3 Å². The first kappa shape index (κ1) is 13.1. The molecule has 1 aliphatic carbocycles. The summed E-state index contributed by atoms with van der Waals surface area (Å²) >= 11 is 0. The third kappa shape index (κ3) is 1.84. The number of aromatic nitrogens is 1. The summed E-state index contributed by atoms with van der Waals surface area (Å²) in [6.07, 6.45) is 4.53. The Bertz CT molecular complexity index is 582. The van der Waals surface area contributed by atoms with Gasteiger partial charge in [-0.15, -0.1) is 0 Å². The van der Waals surface area contributed by atoms with Crippen LogP contribution in [-0.2, 0) is 10.0 Å². The molecule has 106 valence electrons. The van der Waals surface area contributed by atoms with Gasteiger partial charge in [0.2, 0.25) is 10.0 Å². The smallest absolute Gasteiger partial charge is 0.248 e. The fraction of sp³-hybridized carbons (Fsp3) is 0.769. The summed E-state index contributed by atoms with van der Waals surface area (Å²) in [6.45, 7) is 6.00. The summed E-state index contributed by atoms with van der Waals surface area (Å²) in [5.41, 5.74) is 0.699. The Balaban J connectivity index is 1.97. The molecule has 0 aromatic carbocycles. The molecule has 1 aliphatic heterocycles. The zero-order valence-corrected chi connectivity index (χ0v) is 12.5. The minimum absolute atomic E-state index is 0.0685. The number of sulfonamides is 1. The van der Waals surface area contributed by atoms with E-state index in [4.69, 9.17) is 4.52 Å². The van der Waals surface area contributed by atoms with Crippen LogP contribution < -0.4 is 0 Å². The normalized spacial score (nSPS) is 26.8. The quantitative estimate of drug-likeness (QED) is 0.835. The van der Waals surface area contributed by atoms with Crippen molar-refractivity contribution in [2.24, 2.45) is 5.41 Å². The van der Waals surface area contributed by atoms with Gasteiger partial charge in [-0.1, -0.05) is 11.6 Å². The average Bonchev–Trinajstić information content (AvgIpc) is 2.79. The van der Waals surface area contributed by atoms with Crippen molar-refractivity contribution >= 4 is 10.0 Å². The molecule has 2 fully saturated rings. The van der Waals surface area contributed by atoms with Gasteiger partial charge in [-0.25, -0.2) is 8.42 Å². The minimum Gasteiger partial charge on any atom is -0.360 e. The highest BCUT2D eigenvalue weighted by Gasteiger charge is 2.50. The van der Waals surface area contributed by atoms with Crippen molar-refractivity contribution in [2.45, 2.75) is 57.4 Å². The Hall–Kier alpha value is -0.880. The van der Waals surface area contributed by atoms with Gasteiger partial charge >= 0.3 is 0 Å². The Morgan fingerprint density at radius 2 is 2.05 bits per heavy atom. The van der Waals surface area contributed by atoms with Gasteiger partial charge in [-0.2, -0.15) is 4.31 Å². The molecule has 5 nitrogen and oxygen atoms in total. The second kappa shape index (κ2) is 4.06. The van der Waals surface area contributed by atoms with E-state index >= 15 is 0 Å². The molecule has 19 heavy (non-hydrogen) atoms. The Kier molecular flexibility index (Phi) is 2.80. The summed E-state index contributed by atoms with van der Waals surface area (Å²) < 4.78 is 32.3. The predicted octanol–water partition coefficient (Wildman–Crippen LogP) is 2.24. The molecule has 0 N–H and O–H groups in total. The van der Waals surface area contributed by atoms with E-state index < -0.39 is 10.0 Å². The zero-order valence-electron chi connectivity index (χ0n) is 11.6. The average molecular weight is 284 g/mol. The minimum atomic E-state index is -3.48. The summed E-state index contributed by atoms with van der Waals surface area (Å²) in [5, 5.41) is 3.77. The lowest BCUT2D eigenvalue weighted by atomic mass is 9.68. The third-order valence-electron chi connectivity index (χ3n) is 4.66. The predicted molar refractivity (Wildman–Crippen MR) is 70.2 cm³/mol. The molecule has 3 rings (SSSR count). The second-order valence-electron chi connectivity index (χ2n) is 6.11. The zero-order chi connectivity index (χ0) is 13.8. The topological polar surface area (TPSA) is 63.4 Å². The van der Waals surface area contributed by atoms with Crippen LogP contribution in [0.15, 0.2) is 9.42 Å². The molecule has 6 heteroatoms. The molecule has 1 saturated carbocycles. The highest BCUT2D eigenvalue weighted by Crippen LogP contribution is 2.51. The van der Waals surface area contributed by atoms with E-state index in [1.54, 1.807) is 18.2 Å². The molecule has 1 saturated heterocycles. The van der Waals surface area contributed by atoms with Crippen molar-refractivity contribution in [1.82, 2.24) is 9.46 Å². The molecule has 1 spiro atoms. The van der Waals surface area contributed by atoms with Gasteiger partial charge in [-0.05, 0) is 45.4 Å². The molecule has 2 aliphatic rings.